The first kappa shape index (κ1) is 23.4. The topological polar surface area (TPSA) is 18.5 Å². The predicted octanol–water partition coefficient (Wildman–Crippen LogP) is 7.61. The van der Waals surface area contributed by atoms with E-state index in [1.54, 1.807) is 12.1 Å². The third kappa shape index (κ3) is 5.72. The van der Waals surface area contributed by atoms with Crippen LogP contribution in [0.3, 0.4) is 0 Å². The highest BCUT2D eigenvalue weighted by Gasteiger charge is 2.35. The van der Waals surface area contributed by atoms with Crippen LogP contribution in [0.2, 0.25) is 0 Å². The summed E-state index contributed by atoms with van der Waals surface area (Å²) in [5.74, 6) is -4.91. The molecule has 0 radical (unpaired) electrons. The van der Waals surface area contributed by atoms with Crippen LogP contribution < -0.4 is 9.47 Å². The quantitative estimate of drug-likeness (QED) is 0.339. The van der Waals surface area contributed by atoms with Gasteiger partial charge in [0.25, 0.3) is 0 Å². The Kier molecular flexibility index (Phi) is 6.66. The van der Waals surface area contributed by atoms with Gasteiger partial charge in [-0.2, -0.15) is 8.78 Å². The number of alkyl halides is 5. The summed E-state index contributed by atoms with van der Waals surface area (Å²) in [6, 6.07) is 11.8. The first-order valence-corrected chi connectivity index (χ1v) is 9.50. The number of rotatable bonds is 7. The fourth-order valence-electron chi connectivity index (χ4n) is 3.02. The van der Waals surface area contributed by atoms with Crippen molar-refractivity contribution in [1.29, 1.82) is 0 Å². The van der Waals surface area contributed by atoms with Crippen molar-refractivity contribution in [3.05, 3.63) is 83.4 Å². The molecule has 0 aromatic heterocycles. The molecule has 32 heavy (non-hydrogen) atoms. The van der Waals surface area contributed by atoms with Crippen LogP contribution >= 0.6 is 0 Å². The van der Waals surface area contributed by atoms with Crippen LogP contribution in [-0.2, 0) is 12.5 Å². The van der Waals surface area contributed by atoms with E-state index in [9.17, 15) is 30.7 Å². The first-order chi connectivity index (χ1) is 15.0. The molecule has 3 aromatic rings. The SMILES string of the molecule is CCCc1ccc(C(F)(F)Oc2ccc(-c3cc(F)c(OC(F)(F)F)c(F)c3)cc2)cc1. The third-order valence-electron chi connectivity index (χ3n) is 4.48. The van der Waals surface area contributed by atoms with Gasteiger partial charge in [-0.15, -0.1) is 13.2 Å². The normalized spacial score (nSPS) is 12.0. The van der Waals surface area contributed by atoms with Crippen LogP contribution in [0.25, 0.3) is 11.1 Å². The minimum atomic E-state index is -5.26. The molecule has 3 rings (SSSR count). The van der Waals surface area contributed by atoms with Crippen LogP contribution in [-0.4, -0.2) is 6.36 Å². The molecule has 0 aliphatic rings. The molecule has 0 amide bonds. The Morgan fingerprint density at radius 3 is 1.78 bits per heavy atom. The zero-order chi connectivity index (χ0) is 23.5. The number of ether oxygens (including phenoxy) is 2. The molecule has 0 aliphatic carbocycles. The maximum absolute atomic E-state index is 14.4. The number of halogens is 7. The molecule has 0 aliphatic heterocycles. The van der Waals surface area contributed by atoms with E-state index in [0.29, 0.717) is 12.1 Å². The fraction of sp³-hybridized carbons (Fsp3) is 0.217. The number of hydrogen-bond donors (Lipinski definition) is 0. The molecule has 0 fully saturated rings. The molecule has 2 nitrogen and oxygen atoms in total. The summed E-state index contributed by atoms with van der Waals surface area (Å²) in [5.41, 5.74) is 0.633. The second kappa shape index (κ2) is 9.10. The number of benzene rings is 3. The average Bonchev–Trinajstić information content (AvgIpc) is 2.71. The zero-order valence-electron chi connectivity index (χ0n) is 16.6. The van der Waals surface area contributed by atoms with Gasteiger partial charge in [0.15, 0.2) is 11.6 Å². The van der Waals surface area contributed by atoms with Crippen LogP contribution in [0.4, 0.5) is 30.7 Å². The minimum Gasteiger partial charge on any atom is -0.429 e. The molecule has 0 saturated carbocycles. The van der Waals surface area contributed by atoms with Gasteiger partial charge < -0.3 is 9.47 Å². The van der Waals surface area contributed by atoms with Gasteiger partial charge in [0.1, 0.15) is 5.75 Å². The molecule has 3 aromatic carbocycles. The highest BCUT2D eigenvalue weighted by Crippen LogP contribution is 2.35. The van der Waals surface area contributed by atoms with Crippen LogP contribution in [0.5, 0.6) is 11.5 Å². The molecule has 9 heteroatoms. The Morgan fingerprint density at radius 2 is 1.28 bits per heavy atom. The predicted molar refractivity (Wildman–Crippen MR) is 103 cm³/mol. The molecule has 0 atom stereocenters. The maximum atomic E-state index is 14.4. The molecule has 0 unspecified atom stereocenters. The van der Waals surface area contributed by atoms with Crippen molar-refractivity contribution in [2.45, 2.75) is 32.2 Å². The van der Waals surface area contributed by atoms with E-state index in [-0.39, 0.29) is 22.4 Å². The highest BCUT2D eigenvalue weighted by atomic mass is 19.4. The Balaban J connectivity index is 1.77. The fourth-order valence-corrected chi connectivity index (χ4v) is 3.02. The molecular formula is C23H17F7O2. The first-order valence-electron chi connectivity index (χ1n) is 9.50. The summed E-state index contributed by atoms with van der Waals surface area (Å²) < 4.78 is 102. The Labute approximate surface area is 179 Å². The Bertz CT molecular complexity index is 1040. The van der Waals surface area contributed by atoms with Gasteiger partial charge in [0.05, 0.1) is 5.56 Å². The van der Waals surface area contributed by atoms with E-state index >= 15 is 0 Å². The van der Waals surface area contributed by atoms with Crippen molar-refractivity contribution in [3.63, 3.8) is 0 Å². The zero-order valence-corrected chi connectivity index (χ0v) is 16.6. The average molecular weight is 458 g/mol. The standard InChI is InChI=1S/C23H17F7O2/c1-2-3-14-4-8-17(9-5-14)22(26,27)31-18-10-6-15(7-11-18)16-12-19(24)21(20(25)13-16)32-23(28,29)30/h4-13H,2-3H2,1H3. The smallest absolute Gasteiger partial charge is 0.429 e. The van der Waals surface area contributed by atoms with Gasteiger partial charge >= 0.3 is 12.5 Å². The van der Waals surface area contributed by atoms with Gasteiger partial charge in [-0.25, -0.2) is 8.78 Å². The minimum absolute atomic E-state index is 0.112. The van der Waals surface area contributed by atoms with Crippen LogP contribution in [0.15, 0.2) is 60.7 Å². The molecule has 0 saturated heterocycles. The van der Waals surface area contributed by atoms with E-state index in [0.717, 1.165) is 30.5 Å². The summed E-state index contributed by atoms with van der Waals surface area (Å²) >= 11 is 0. The largest absolute Gasteiger partial charge is 0.573 e. The van der Waals surface area contributed by atoms with Gasteiger partial charge in [-0.05, 0) is 59.5 Å². The molecule has 0 heterocycles. The van der Waals surface area contributed by atoms with Crippen molar-refractivity contribution < 1.29 is 40.2 Å². The highest BCUT2D eigenvalue weighted by molar-refractivity contribution is 5.65. The molecular weight excluding hydrogens is 441 g/mol. The summed E-state index contributed by atoms with van der Waals surface area (Å²) in [4.78, 5) is 0. The summed E-state index contributed by atoms with van der Waals surface area (Å²) in [5, 5.41) is 0. The Morgan fingerprint density at radius 1 is 0.719 bits per heavy atom. The van der Waals surface area contributed by atoms with Crippen LogP contribution in [0, 0.1) is 11.6 Å². The van der Waals surface area contributed by atoms with E-state index in [1.165, 1.54) is 24.3 Å². The van der Waals surface area contributed by atoms with Crippen LogP contribution in [0.1, 0.15) is 24.5 Å². The number of aryl methyl sites for hydroxylation is 1. The number of hydrogen-bond acceptors (Lipinski definition) is 2. The van der Waals surface area contributed by atoms with Crippen molar-refractivity contribution >= 4 is 0 Å². The van der Waals surface area contributed by atoms with Gasteiger partial charge in [0, 0.05) is 0 Å². The summed E-state index contributed by atoms with van der Waals surface area (Å²) in [6.45, 7) is 1.97. The molecule has 0 bridgehead atoms. The van der Waals surface area contributed by atoms with Gasteiger partial charge in [-0.3, -0.25) is 0 Å². The third-order valence-corrected chi connectivity index (χ3v) is 4.48. The molecule has 170 valence electrons. The second-order valence-corrected chi connectivity index (χ2v) is 6.91. The maximum Gasteiger partial charge on any atom is 0.573 e. The lowest BCUT2D eigenvalue weighted by atomic mass is 10.0. The lowest BCUT2D eigenvalue weighted by Gasteiger charge is -2.19. The summed E-state index contributed by atoms with van der Waals surface area (Å²) in [7, 11) is 0. The summed E-state index contributed by atoms with van der Waals surface area (Å²) in [6.07, 6.45) is -7.24. The van der Waals surface area contributed by atoms with Gasteiger partial charge in [-0.1, -0.05) is 37.6 Å². The Hall–Kier alpha value is -3.23. The van der Waals surface area contributed by atoms with E-state index in [2.05, 4.69) is 4.74 Å². The van der Waals surface area contributed by atoms with Crippen molar-refractivity contribution in [2.75, 3.05) is 0 Å². The second-order valence-electron chi connectivity index (χ2n) is 6.91. The molecule has 0 N–H and O–H groups in total. The van der Waals surface area contributed by atoms with Crippen molar-refractivity contribution in [2.24, 2.45) is 0 Å². The van der Waals surface area contributed by atoms with E-state index in [1.807, 2.05) is 6.92 Å². The lowest BCUT2D eigenvalue weighted by Crippen LogP contribution is -2.21. The van der Waals surface area contributed by atoms with Crippen molar-refractivity contribution in [1.82, 2.24) is 0 Å². The van der Waals surface area contributed by atoms with E-state index < -0.39 is 29.9 Å². The van der Waals surface area contributed by atoms with Gasteiger partial charge in [0.2, 0.25) is 5.75 Å². The lowest BCUT2D eigenvalue weighted by molar-refractivity contribution is -0.276. The molecule has 0 spiro atoms. The van der Waals surface area contributed by atoms with E-state index in [4.69, 9.17) is 4.74 Å². The monoisotopic (exact) mass is 458 g/mol. The van der Waals surface area contributed by atoms with Crippen molar-refractivity contribution in [3.8, 4) is 22.6 Å².